The van der Waals surface area contributed by atoms with Gasteiger partial charge in [0.1, 0.15) is 11.6 Å². The maximum absolute atomic E-state index is 5.66. The van der Waals surface area contributed by atoms with E-state index in [1.807, 2.05) is 0 Å². The van der Waals surface area contributed by atoms with Crippen LogP contribution in [0.2, 0.25) is 0 Å². The molecule has 2 saturated heterocycles. The van der Waals surface area contributed by atoms with Crippen LogP contribution in [0.5, 0.6) is 0 Å². The third-order valence-corrected chi connectivity index (χ3v) is 5.46. The van der Waals surface area contributed by atoms with Crippen LogP contribution in [0.1, 0.15) is 56.1 Å². The monoisotopic (exact) mass is 392 g/mol. The first-order valence-corrected chi connectivity index (χ1v) is 9.31. The number of nitrogens with zero attached hydrogens (tertiary/aromatic N) is 5. The highest BCUT2D eigenvalue weighted by atomic mass is 35.5. The largest absolute Gasteiger partial charge is 0.329 e. The summed E-state index contributed by atoms with van der Waals surface area (Å²) in [5, 5.41) is 9.05. The normalized spacial score (nSPS) is 20.6. The highest BCUT2D eigenvalue weighted by Crippen LogP contribution is 2.26. The van der Waals surface area contributed by atoms with Gasteiger partial charge in [0, 0.05) is 26.1 Å². The number of piperidine rings is 1. The number of hydrogen-bond donors (Lipinski definition) is 1. The van der Waals surface area contributed by atoms with Gasteiger partial charge in [-0.15, -0.1) is 35.0 Å². The van der Waals surface area contributed by atoms with Crippen LogP contribution in [-0.4, -0.2) is 63.8 Å². The molecule has 3 heterocycles. The van der Waals surface area contributed by atoms with Crippen molar-refractivity contribution in [2.75, 3.05) is 39.3 Å². The SMILES string of the molecule is Cl.Cl.Cn1c(CN2CCCCCC2)nnc1C1CCN(CCN)CC1. The van der Waals surface area contributed by atoms with Crippen LogP contribution < -0.4 is 5.73 Å². The maximum Gasteiger partial charge on any atom is 0.146 e. The first kappa shape index (κ1) is 22.6. The second kappa shape index (κ2) is 11.3. The van der Waals surface area contributed by atoms with Crippen molar-refractivity contribution in [3.8, 4) is 0 Å². The molecule has 2 N–H and O–H groups in total. The van der Waals surface area contributed by atoms with Gasteiger partial charge in [0.05, 0.1) is 6.54 Å². The molecule has 0 atom stereocenters. The van der Waals surface area contributed by atoms with Crippen LogP contribution in [-0.2, 0) is 13.6 Å². The Balaban J connectivity index is 0.00000156. The smallest absolute Gasteiger partial charge is 0.146 e. The van der Waals surface area contributed by atoms with Crippen molar-refractivity contribution in [2.45, 2.75) is 51.0 Å². The van der Waals surface area contributed by atoms with Gasteiger partial charge in [-0.1, -0.05) is 12.8 Å². The van der Waals surface area contributed by atoms with Gasteiger partial charge in [0.2, 0.25) is 0 Å². The van der Waals surface area contributed by atoms with E-state index in [9.17, 15) is 0 Å². The lowest BCUT2D eigenvalue weighted by Gasteiger charge is -2.31. The molecule has 1 aromatic heterocycles. The molecule has 0 saturated carbocycles. The van der Waals surface area contributed by atoms with E-state index in [2.05, 4.69) is 31.6 Å². The number of halogens is 2. The molecule has 0 amide bonds. The van der Waals surface area contributed by atoms with Gasteiger partial charge in [-0.05, 0) is 51.9 Å². The summed E-state index contributed by atoms with van der Waals surface area (Å²) in [4.78, 5) is 5.01. The van der Waals surface area contributed by atoms with Crippen LogP contribution in [0.4, 0.5) is 0 Å². The summed E-state index contributed by atoms with van der Waals surface area (Å²) < 4.78 is 2.26. The van der Waals surface area contributed by atoms with Crippen LogP contribution in [0, 0.1) is 0 Å². The van der Waals surface area contributed by atoms with Crippen molar-refractivity contribution in [1.82, 2.24) is 24.6 Å². The van der Waals surface area contributed by atoms with Gasteiger partial charge >= 0.3 is 0 Å². The zero-order valence-corrected chi connectivity index (χ0v) is 17.0. The third kappa shape index (κ3) is 6.07. The molecule has 0 aliphatic carbocycles. The van der Waals surface area contributed by atoms with Crippen molar-refractivity contribution < 1.29 is 0 Å². The minimum Gasteiger partial charge on any atom is -0.329 e. The summed E-state index contributed by atoms with van der Waals surface area (Å²) in [5.74, 6) is 2.87. The van der Waals surface area contributed by atoms with Gasteiger partial charge in [0.25, 0.3) is 0 Å². The molecule has 0 spiro atoms. The van der Waals surface area contributed by atoms with E-state index in [1.165, 1.54) is 57.4 Å². The van der Waals surface area contributed by atoms with Gasteiger partial charge in [-0.2, -0.15) is 0 Å². The zero-order valence-electron chi connectivity index (χ0n) is 15.4. The van der Waals surface area contributed by atoms with Gasteiger partial charge < -0.3 is 15.2 Å². The molecule has 0 radical (unpaired) electrons. The first-order valence-electron chi connectivity index (χ1n) is 9.31. The highest BCUT2D eigenvalue weighted by molar-refractivity contribution is 5.85. The minimum absolute atomic E-state index is 0. The zero-order chi connectivity index (χ0) is 16.1. The number of hydrogen-bond acceptors (Lipinski definition) is 5. The molecule has 0 bridgehead atoms. The van der Waals surface area contributed by atoms with Crippen molar-refractivity contribution in [3.05, 3.63) is 11.6 Å². The van der Waals surface area contributed by atoms with Gasteiger partial charge in [-0.3, -0.25) is 4.90 Å². The molecule has 2 fully saturated rings. The quantitative estimate of drug-likeness (QED) is 0.831. The second-order valence-electron chi connectivity index (χ2n) is 7.13. The summed E-state index contributed by atoms with van der Waals surface area (Å²) in [6.45, 7) is 7.42. The first-order chi connectivity index (χ1) is 11.3. The average Bonchev–Trinajstić information content (AvgIpc) is 2.77. The predicted molar refractivity (Wildman–Crippen MR) is 107 cm³/mol. The molecular formula is C17H34Cl2N6. The molecule has 146 valence electrons. The van der Waals surface area contributed by atoms with E-state index < -0.39 is 0 Å². The Bertz CT molecular complexity index is 479. The summed E-state index contributed by atoms with van der Waals surface area (Å²) in [5.41, 5.74) is 5.66. The van der Waals surface area contributed by atoms with Crippen molar-refractivity contribution in [1.29, 1.82) is 0 Å². The van der Waals surface area contributed by atoms with Crippen LogP contribution >= 0.6 is 24.8 Å². The van der Waals surface area contributed by atoms with Gasteiger partial charge in [-0.25, -0.2) is 0 Å². The van der Waals surface area contributed by atoms with E-state index in [0.717, 1.165) is 38.5 Å². The molecular weight excluding hydrogens is 359 g/mol. The van der Waals surface area contributed by atoms with E-state index in [1.54, 1.807) is 0 Å². The fraction of sp³-hybridized carbons (Fsp3) is 0.882. The van der Waals surface area contributed by atoms with E-state index in [0.29, 0.717) is 5.92 Å². The molecule has 8 heteroatoms. The van der Waals surface area contributed by atoms with Crippen molar-refractivity contribution in [2.24, 2.45) is 12.8 Å². The Hall–Kier alpha value is -0.400. The minimum atomic E-state index is 0. The molecule has 0 unspecified atom stereocenters. The Labute approximate surface area is 164 Å². The molecule has 1 aromatic rings. The molecule has 2 aliphatic rings. The summed E-state index contributed by atoms with van der Waals surface area (Å²) >= 11 is 0. The predicted octanol–water partition coefficient (Wildman–Crippen LogP) is 2.17. The van der Waals surface area contributed by atoms with Crippen LogP contribution in [0.3, 0.4) is 0 Å². The summed E-state index contributed by atoms with van der Waals surface area (Å²) in [7, 11) is 2.15. The number of likely N-dealkylation sites (tertiary alicyclic amines) is 2. The Morgan fingerprint density at radius 3 is 2.16 bits per heavy atom. The highest BCUT2D eigenvalue weighted by Gasteiger charge is 2.25. The fourth-order valence-corrected chi connectivity index (χ4v) is 3.96. The Morgan fingerprint density at radius 2 is 1.56 bits per heavy atom. The van der Waals surface area contributed by atoms with Crippen LogP contribution in [0.15, 0.2) is 0 Å². The average molecular weight is 393 g/mol. The number of rotatable bonds is 5. The molecule has 0 aromatic carbocycles. The van der Waals surface area contributed by atoms with E-state index >= 15 is 0 Å². The lowest BCUT2D eigenvalue weighted by atomic mass is 9.96. The fourth-order valence-electron chi connectivity index (χ4n) is 3.96. The topological polar surface area (TPSA) is 63.2 Å². The number of nitrogens with two attached hydrogens (primary N) is 1. The summed E-state index contributed by atoms with van der Waals surface area (Å²) in [6.07, 6.45) is 7.75. The molecule has 2 aliphatic heterocycles. The molecule has 3 rings (SSSR count). The van der Waals surface area contributed by atoms with E-state index in [-0.39, 0.29) is 24.8 Å². The Kier molecular flexibility index (Phi) is 10.3. The summed E-state index contributed by atoms with van der Waals surface area (Å²) in [6, 6.07) is 0. The lowest BCUT2D eigenvalue weighted by molar-refractivity contribution is 0.212. The van der Waals surface area contributed by atoms with Crippen molar-refractivity contribution >= 4 is 24.8 Å². The Morgan fingerprint density at radius 1 is 0.920 bits per heavy atom. The van der Waals surface area contributed by atoms with Crippen molar-refractivity contribution in [3.63, 3.8) is 0 Å². The van der Waals surface area contributed by atoms with E-state index in [4.69, 9.17) is 5.73 Å². The lowest BCUT2D eigenvalue weighted by Crippen LogP contribution is -2.37. The van der Waals surface area contributed by atoms with Crippen LogP contribution in [0.25, 0.3) is 0 Å². The maximum atomic E-state index is 5.66. The second-order valence-corrected chi connectivity index (χ2v) is 7.13. The van der Waals surface area contributed by atoms with Gasteiger partial charge in [0.15, 0.2) is 0 Å². The molecule has 6 nitrogen and oxygen atoms in total. The molecule has 25 heavy (non-hydrogen) atoms. The standard InChI is InChI=1S/C17H32N6.2ClH/c1-21-16(14-23-9-4-2-3-5-10-23)19-20-17(21)15-6-11-22(12-7-15)13-8-18;;/h15H,2-14,18H2,1H3;2*1H. The third-order valence-electron chi connectivity index (χ3n) is 5.46. The number of aromatic nitrogens is 3.